The molecule has 0 radical (unpaired) electrons. The van der Waals surface area contributed by atoms with Crippen LogP contribution in [0.3, 0.4) is 0 Å². The summed E-state index contributed by atoms with van der Waals surface area (Å²) in [7, 11) is 0. The highest BCUT2D eigenvalue weighted by molar-refractivity contribution is 5.88. The standard InChI is InChI=1S/C30H27FN8O2/c1-3-28(40)38-13-18-4-5-20(21(18)14-38)23-6-7-24-29(36-23)30(34-15-32-24)37-25-10-17(2)26(12-22(25)31)41-19-8-9-39-27(11-19)33-16-35-39/h3,6-12,15-16,18,20-21H,1,4-5,13-14H2,2H3,(H,32,34,37)/t18-,20+,21+/m1/s1. The van der Waals surface area contributed by atoms with Gasteiger partial charge in [-0.05, 0) is 67.5 Å². The van der Waals surface area contributed by atoms with E-state index in [4.69, 9.17) is 9.72 Å². The number of halogens is 1. The first-order chi connectivity index (χ1) is 20.0. The number of carbonyl (C=O) groups is 1. The van der Waals surface area contributed by atoms with Crippen molar-refractivity contribution < 1.29 is 13.9 Å². The van der Waals surface area contributed by atoms with Crippen LogP contribution in [-0.2, 0) is 4.79 Å². The third kappa shape index (κ3) is 4.52. The summed E-state index contributed by atoms with van der Waals surface area (Å²) < 4.78 is 22.9. The molecule has 7 rings (SSSR count). The van der Waals surface area contributed by atoms with Crippen LogP contribution in [0.15, 0.2) is 67.9 Å². The van der Waals surface area contributed by atoms with E-state index in [9.17, 15) is 4.79 Å². The van der Waals surface area contributed by atoms with Gasteiger partial charge in [0.25, 0.3) is 0 Å². The molecule has 41 heavy (non-hydrogen) atoms. The zero-order valence-electron chi connectivity index (χ0n) is 22.4. The lowest BCUT2D eigenvalue weighted by molar-refractivity contribution is -0.125. The number of fused-ring (bicyclic) bond motifs is 3. The molecule has 1 N–H and O–H groups in total. The smallest absolute Gasteiger partial charge is 0.245 e. The van der Waals surface area contributed by atoms with Gasteiger partial charge in [-0.2, -0.15) is 5.10 Å². The van der Waals surface area contributed by atoms with Crippen molar-refractivity contribution in [2.45, 2.75) is 25.7 Å². The minimum Gasteiger partial charge on any atom is -0.457 e. The van der Waals surface area contributed by atoms with E-state index in [-0.39, 0.29) is 17.5 Å². The van der Waals surface area contributed by atoms with E-state index < -0.39 is 5.82 Å². The van der Waals surface area contributed by atoms with Crippen molar-refractivity contribution in [1.82, 2.24) is 34.4 Å². The zero-order valence-corrected chi connectivity index (χ0v) is 22.4. The predicted molar refractivity (Wildman–Crippen MR) is 151 cm³/mol. The van der Waals surface area contributed by atoms with Gasteiger partial charge < -0.3 is 15.0 Å². The maximum Gasteiger partial charge on any atom is 0.245 e. The number of benzene rings is 1. The van der Waals surface area contributed by atoms with Crippen molar-refractivity contribution in [2.24, 2.45) is 11.8 Å². The number of pyridine rings is 2. The Bertz CT molecular complexity index is 1820. The first-order valence-corrected chi connectivity index (χ1v) is 13.5. The van der Waals surface area contributed by atoms with Crippen LogP contribution in [0.5, 0.6) is 11.5 Å². The Labute approximate surface area is 234 Å². The molecule has 10 nitrogen and oxygen atoms in total. The molecule has 3 atom stereocenters. The number of ether oxygens (including phenoxy) is 1. The van der Waals surface area contributed by atoms with Crippen LogP contribution in [0.1, 0.15) is 30.0 Å². The van der Waals surface area contributed by atoms with Crippen LogP contribution in [0.25, 0.3) is 16.7 Å². The molecule has 0 unspecified atom stereocenters. The Morgan fingerprint density at radius 3 is 2.90 bits per heavy atom. The fourth-order valence-corrected chi connectivity index (χ4v) is 6.18. The Balaban J connectivity index is 1.15. The number of aryl methyl sites for hydroxylation is 1. The first-order valence-electron chi connectivity index (χ1n) is 13.5. The molecule has 5 heterocycles. The summed E-state index contributed by atoms with van der Waals surface area (Å²) >= 11 is 0. The van der Waals surface area contributed by atoms with Crippen molar-refractivity contribution in [3.63, 3.8) is 0 Å². The lowest BCUT2D eigenvalue weighted by Crippen LogP contribution is -2.28. The Morgan fingerprint density at radius 2 is 2.02 bits per heavy atom. The normalized spacial score (nSPS) is 20.0. The van der Waals surface area contributed by atoms with E-state index in [0.717, 1.165) is 30.6 Å². The zero-order chi connectivity index (χ0) is 28.1. The van der Waals surface area contributed by atoms with Crippen molar-refractivity contribution in [2.75, 3.05) is 18.4 Å². The van der Waals surface area contributed by atoms with Gasteiger partial charge in [0, 0.05) is 43.0 Å². The van der Waals surface area contributed by atoms with Crippen LogP contribution in [-0.4, -0.2) is 53.4 Å². The van der Waals surface area contributed by atoms with Gasteiger partial charge in [-0.1, -0.05) is 6.58 Å². The van der Waals surface area contributed by atoms with Gasteiger partial charge in [0.2, 0.25) is 5.91 Å². The van der Waals surface area contributed by atoms with E-state index in [1.54, 1.807) is 28.9 Å². The van der Waals surface area contributed by atoms with Crippen LogP contribution < -0.4 is 10.1 Å². The van der Waals surface area contributed by atoms with E-state index in [1.165, 1.54) is 24.8 Å². The minimum absolute atomic E-state index is 0.0189. The molecule has 1 amide bonds. The maximum atomic E-state index is 15.4. The molecule has 11 heteroatoms. The Morgan fingerprint density at radius 1 is 1.12 bits per heavy atom. The first kappa shape index (κ1) is 25.1. The molecule has 0 bridgehead atoms. The third-order valence-corrected chi connectivity index (χ3v) is 8.22. The molecule has 1 aliphatic heterocycles. The second-order valence-electron chi connectivity index (χ2n) is 10.6. The highest BCUT2D eigenvalue weighted by Gasteiger charge is 2.44. The van der Waals surface area contributed by atoms with Crippen molar-refractivity contribution in [1.29, 1.82) is 0 Å². The quantitative estimate of drug-likeness (QED) is 0.288. The van der Waals surface area contributed by atoms with E-state index >= 15 is 4.39 Å². The number of aromatic nitrogens is 6. The van der Waals surface area contributed by atoms with Crippen LogP contribution in [0.2, 0.25) is 0 Å². The summed E-state index contributed by atoms with van der Waals surface area (Å²) in [5.41, 5.74) is 3.80. The molecular weight excluding hydrogens is 523 g/mol. The fraction of sp³-hybridized carbons (Fsp3) is 0.267. The Kier molecular flexibility index (Phi) is 6.06. The lowest BCUT2D eigenvalue weighted by atomic mass is 9.89. The second kappa shape index (κ2) is 9.92. The van der Waals surface area contributed by atoms with Gasteiger partial charge in [-0.3, -0.25) is 4.79 Å². The average Bonchev–Trinajstić information content (AvgIpc) is 3.71. The average molecular weight is 551 g/mol. The molecular formula is C30H27FN8O2. The SMILES string of the molecule is C=CC(=O)N1C[C@H]2CC[C@H](c3ccc4ncnc(Nc5cc(C)c(Oc6ccn7ncnc7c6)cc5F)c4n3)[C@H]2C1. The predicted octanol–water partition coefficient (Wildman–Crippen LogP) is 5.19. The van der Waals surface area contributed by atoms with E-state index in [1.807, 2.05) is 24.0 Å². The van der Waals surface area contributed by atoms with Gasteiger partial charge in [0.05, 0.1) is 11.2 Å². The number of rotatable bonds is 6. The molecule has 1 aromatic carbocycles. The minimum atomic E-state index is -0.492. The lowest BCUT2D eigenvalue weighted by Gasteiger charge is -2.20. The number of hydrogen-bond donors (Lipinski definition) is 1. The summed E-state index contributed by atoms with van der Waals surface area (Å²) in [5.74, 6) is 1.87. The summed E-state index contributed by atoms with van der Waals surface area (Å²) in [4.78, 5) is 32.0. The molecule has 2 fully saturated rings. The highest BCUT2D eigenvalue weighted by atomic mass is 19.1. The number of nitrogens with one attached hydrogen (secondary N) is 1. The van der Waals surface area contributed by atoms with Crippen LogP contribution >= 0.6 is 0 Å². The molecule has 4 aromatic heterocycles. The molecule has 206 valence electrons. The van der Waals surface area contributed by atoms with E-state index in [0.29, 0.717) is 52.4 Å². The highest BCUT2D eigenvalue weighted by Crippen LogP contribution is 2.47. The van der Waals surface area contributed by atoms with Gasteiger partial charge in [-0.15, -0.1) is 0 Å². The number of anilines is 2. The monoisotopic (exact) mass is 550 g/mol. The number of nitrogens with zero attached hydrogens (tertiary/aromatic N) is 7. The van der Waals surface area contributed by atoms with E-state index in [2.05, 4.69) is 31.9 Å². The van der Waals surface area contributed by atoms with Crippen LogP contribution in [0.4, 0.5) is 15.9 Å². The molecule has 1 aliphatic carbocycles. The van der Waals surface area contributed by atoms with Crippen molar-refractivity contribution in [3.8, 4) is 11.5 Å². The second-order valence-corrected chi connectivity index (χ2v) is 10.6. The van der Waals surface area contributed by atoms with Gasteiger partial charge in [-0.25, -0.2) is 28.8 Å². The summed E-state index contributed by atoms with van der Waals surface area (Å²) in [5, 5.41) is 7.21. The summed E-state index contributed by atoms with van der Waals surface area (Å²) in [6.45, 7) is 6.96. The fourth-order valence-electron chi connectivity index (χ4n) is 6.18. The number of carbonyl (C=O) groups excluding carboxylic acids is 1. The van der Waals surface area contributed by atoms with Crippen molar-refractivity contribution >= 4 is 34.1 Å². The number of amides is 1. The van der Waals surface area contributed by atoms with Crippen LogP contribution in [0, 0.1) is 24.6 Å². The summed E-state index contributed by atoms with van der Waals surface area (Å²) in [6.07, 6.45) is 8.08. The van der Waals surface area contributed by atoms with Crippen molar-refractivity contribution in [3.05, 3.63) is 85.0 Å². The Hall–Kier alpha value is -4.93. The number of hydrogen-bond acceptors (Lipinski definition) is 8. The molecule has 2 aliphatic rings. The molecule has 5 aromatic rings. The molecule has 1 saturated heterocycles. The number of likely N-dealkylation sites (tertiary alicyclic amines) is 1. The maximum absolute atomic E-state index is 15.4. The van der Waals surface area contributed by atoms with Gasteiger partial charge in [0.15, 0.2) is 11.5 Å². The van der Waals surface area contributed by atoms with Gasteiger partial charge in [0.1, 0.15) is 35.5 Å². The third-order valence-electron chi connectivity index (χ3n) is 8.22. The van der Waals surface area contributed by atoms with Gasteiger partial charge >= 0.3 is 0 Å². The molecule has 0 spiro atoms. The largest absolute Gasteiger partial charge is 0.457 e. The summed E-state index contributed by atoms with van der Waals surface area (Å²) in [6, 6.07) is 10.5. The topological polar surface area (TPSA) is 110 Å². The molecule has 1 saturated carbocycles.